The number of hydrogen-bond donors (Lipinski definition) is 11. The van der Waals surface area contributed by atoms with Gasteiger partial charge in [-0.25, -0.2) is 0 Å². The second-order valence-electron chi connectivity index (χ2n) is 19.0. The highest BCUT2D eigenvalue weighted by Gasteiger charge is 2.34. The average molecular weight is 1050 g/mol. The molecule has 6 rings (SSSR count). The minimum atomic E-state index is -1.63. The quantitative estimate of drug-likeness (QED) is 0.0311. The minimum absolute atomic E-state index is 0.0140. The van der Waals surface area contributed by atoms with Crippen molar-refractivity contribution in [2.75, 3.05) is 6.54 Å². The van der Waals surface area contributed by atoms with Crippen LogP contribution in [0.3, 0.4) is 0 Å². The van der Waals surface area contributed by atoms with Gasteiger partial charge in [0.2, 0.25) is 35.4 Å². The number of primary amides is 1. The van der Waals surface area contributed by atoms with Crippen LogP contribution in [-0.2, 0) is 70.5 Å². The van der Waals surface area contributed by atoms with E-state index in [9.17, 15) is 48.6 Å². The minimum Gasteiger partial charge on any atom is -0.508 e. The Morgan fingerprint density at radius 1 is 0.519 bits per heavy atom. The summed E-state index contributed by atoms with van der Waals surface area (Å²) in [5, 5.41) is 36.8. The first-order chi connectivity index (χ1) is 37.1. The molecule has 0 bridgehead atoms. The fraction of sp³-hybridized carbons (Fsp3) is 0.310. The number of H-pyrrole nitrogens is 1. The fourth-order valence-corrected chi connectivity index (χ4v) is 8.77. The standard InChI is InChI=1S/C58H67N9O10/c1-2-3-22-45(55(74)67-50(33-52(70)71)58(77)64-47(53(60)72)29-36-15-7-4-8-16-36)62-35-51(69)46(32-40-34-61-44-23-14-13-21-42(40)44)63-56(75)49(31-38-19-11-6-12-20-38)66-57(76)48(30-37-17-9-5-10-18-37)65-54(73)43(59)28-39-24-26-41(68)27-25-39/h4-21,23-27,34,43,45-50,61-62,68H,2-3,22,28-33,35,59H2,1H3,(H2,60,72)(H,63,75)(H,64,77)(H,65,73)(H,66,76)(H,67,74)(H,70,71)/t43-,45-,46-,47-,48+,49-,50-/m0/s1. The second-order valence-corrected chi connectivity index (χ2v) is 19.0. The molecule has 0 unspecified atom stereocenters. The van der Waals surface area contributed by atoms with Gasteiger partial charge < -0.3 is 53.2 Å². The third kappa shape index (κ3) is 18.0. The Hall–Kier alpha value is -8.68. The average Bonchev–Trinajstić information content (AvgIpc) is 3.83. The van der Waals surface area contributed by atoms with Gasteiger partial charge in [0, 0.05) is 42.8 Å². The van der Waals surface area contributed by atoms with Crippen LogP contribution in [0.25, 0.3) is 10.9 Å². The summed E-state index contributed by atoms with van der Waals surface area (Å²) < 4.78 is 0. The van der Waals surface area contributed by atoms with E-state index in [-0.39, 0.29) is 44.3 Å². The Kier molecular flexibility index (Phi) is 21.6. The number of rotatable bonds is 30. The summed E-state index contributed by atoms with van der Waals surface area (Å²) in [7, 11) is 0. The van der Waals surface area contributed by atoms with Crippen LogP contribution in [0, 0.1) is 0 Å². The summed E-state index contributed by atoms with van der Waals surface area (Å²) >= 11 is 0. The van der Waals surface area contributed by atoms with E-state index in [1.54, 1.807) is 103 Å². The van der Waals surface area contributed by atoms with Crippen LogP contribution in [0.15, 0.2) is 146 Å². The Balaban J connectivity index is 1.23. The number of hydrogen-bond acceptors (Lipinski definition) is 11. The van der Waals surface area contributed by atoms with Crippen LogP contribution >= 0.6 is 0 Å². The van der Waals surface area contributed by atoms with Gasteiger partial charge in [0.15, 0.2) is 5.78 Å². The number of aromatic hydroxyl groups is 1. The summed E-state index contributed by atoms with van der Waals surface area (Å²) in [5.74, 6) is -6.56. The summed E-state index contributed by atoms with van der Waals surface area (Å²) in [5.41, 5.74) is 16.2. The number of aromatic nitrogens is 1. The normalized spacial score (nSPS) is 13.8. The van der Waals surface area contributed by atoms with Gasteiger partial charge in [0.05, 0.1) is 31.1 Å². The van der Waals surface area contributed by atoms with Crippen molar-refractivity contribution < 1.29 is 48.6 Å². The van der Waals surface area contributed by atoms with Gasteiger partial charge in [-0.15, -0.1) is 0 Å². The molecule has 404 valence electrons. The topological polar surface area (TPSA) is 317 Å². The van der Waals surface area contributed by atoms with E-state index >= 15 is 0 Å². The predicted molar refractivity (Wildman–Crippen MR) is 290 cm³/mol. The molecule has 5 aromatic carbocycles. The number of nitrogens with two attached hydrogens (primary N) is 2. The maximum Gasteiger partial charge on any atom is 0.305 e. The number of para-hydroxylation sites is 1. The van der Waals surface area contributed by atoms with E-state index in [2.05, 4.69) is 36.9 Å². The molecular weight excluding hydrogens is 983 g/mol. The van der Waals surface area contributed by atoms with Crippen molar-refractivity contribution in [1.82, 2.24) is 36.9 Å². The number of aliphatic carboxylic acids is 1. The highest BCUT2D eigenvalue weighted by Crippen LogP contribution is 2.20. The Morgan fingerprint density at radius 3 is 1.52 bits per heavy atom. The van der Waals surface area contributed by atoms with Crippen molar-refractivity contribution in [3.63, 3.8) is 0 Å². The highest BCUT2D eigenvalue weighted by atomic mass is 16.4. The molecule has 7 atom stereocenters. The molecule has 1 aromatic heterocycles. The SMILES string of the molecule is CCCC[C@H](NCC(=O)[C@H](Cc1c[nH]c2ccccc12)NC(=O)[C@H](Cc1ccccc1)NC(=O)[C@@H](Cc1ccccc1)NC(=O)[C@@H](N)Cc1ccc(O)cc1)C(=O)N[C@@H](CC(=O)O)C(=O)N[C@@H](Cc1ccccc1)C(N)=O. The van der Waals surface area contributed by atoms with E-state index in [0.29, 0.717) is 40.7 Å². The molecule has 19 heteroatoms. The molecule has 6 aromatic rings. The van der Waals surface area contributed by atoms with E-state index in [0.717, 1.165) is 10.9 Å². The van der Waals surface area contributed by atoms with Crippen molar-refractivity contribution in [3.05, 3.63) is 174 Å². The number of aromatic amines is 1. The number of Topliss-reactive ketones (excluding diaryl/α,β-unsaturated/α-hetero) is 1. The lowest BCUT2D eigenvalue weighted by Crippen LogP contribution is -2.59. The van der Waals surface area contributed by atoms with Crippen LogP contribution in [-0.4, -0.2) is 111 Å². The third-order valence-electron chi connectivity index (χ3n) is 13.0. The van der Waals surface area contributed by atoms with Crippen LogP contribution in [0.2, 0.25) is 0 Å². The number of benzene rings is 5. The van der Waals surface area contributed by atoms with E-state index in [1.165, 1.54) is 12.1 Å². The molecule has 0 spiro atoms. The number of carbonyl (C=O) groups is 8. The van der Waals surface area contributed by atoms with Crippen molar-refractivity contribution in [2.24, 2.45) is 11.5 Å². The molecule has 19 nitrogen and oxygen atoms in total. The van der Waals surface area contributed by atoms with Crippen LogP contribution in [0.1, 0.15) is 60.4 Å². The van der Waals surface area contributed by atoms with Gasteiger partial charge in [0.25, 0.3) is 0 Å². The summed E-state index contributed by atoms with van der Waals surface area (Å²) in [4.78, 5) is 113. The number of fused-ring (bicyclic) bond motifs is 1. The van der Waals surface area contributed by atoms with Gasteiger partial charge in [0.1, 0.15) is 29.9 Å². The third-order valence-corrected chi connectivity index (χ3v) is 13.0. The monoisotopic (exact) mass is 1050 g/mol. The largest absolute Gasteiger partial charge is 0.508 e. The number of phenolic OH excluding ortho intramolecular Hbond substituents is 1. The fourth-order valence-electron chi connectivity index (χ4n) is 8.77. The number of unbranched alkanes of at least 4 members (excludes halogenated alkanes) is 1. The van der Waals surface area contributed by atoms with E-state index < -0.39 is 102 Å². The molecule has 0 saturated heterocycles. The predicted octanol–water partition coefficient (Wildman–Crippen LogP) is 2.82. The Labute approximate surface area is 446 Å². The molecule has 0 fully saturated rings. The van der Waals surface area contributed by atoms with Crippen LogP contribution in [0.4, 0.5) is 0 Å². The van der Waals surface area contributed by atoms with Crippen molar-refractivity contribution in [3.8, 4) is 5.75 Å². The van der Waals surface area contributed by atoms with Crippen molar-refractivity contribution in [2.45, 2.75) is 107 Å². The molecule has 0 aliphatic heterocycles. The number of ketones is 1. The number of carbonyl (C=O) groups excluding carboxylic acids is 7. The highest BCUT2D eigenvalue weighted by molar-refractivity contribution is 5.98. The number of carboxylic acid groups (broad SMARTS) is 1. The second kappa shape index (κ2) is 28.8. The number of phenols is 1. The van der Waals surface area contributed by atoms with Crippen LogP contribution < -0.4 is 43.4 Å². The molecule has 1 heterocycles. The van der Waals surface area contributed by atoms with E-state index in [1.807, 2.05) is 37.3 Å². The molecule has 6 amide bonds. The zero-order valence-electron chi connectivity index (χ0n) is 42.8. The smallest absolute Gasteiger partial charge is 0.305 e. The summed E-state index contributed by atoms with van der Waals surface area (Å²) in [6.07, 6.45) is 2.30. The Morgan fingerprint density at radius 2 is 0.974 bits per heavy atom. The molecule has 0 aliphatic carbocycles. The first kappa shape index (κ1) is 57.6. The zero-order chi connectivity index (χ0) is 55.3. The van der Waals surface area contributed by atoms with Gasteiger partial charge in [-0.05, 0) is 58.9 Å². The lowest BCUT2D eigenvalue weighted by molar-refractivity contribution is -0.141. The molecule has 13 N–H and O–H groups in total. The number of nitrogens with one attached hydrogen (secondary N) is 7. The van der Waals surface area contributed by atoms with E-state index in [4.69, 9.17) is 11.5 Å². The summed E-state index contributed by atoms with van der Waals surface area (Å²) in [6, 6.07) is 31.4. The maximum absolute atomic E-state index is 14.8. The van der Waals surface area contributed by atoms with Gasteiger partial charge in [-0.1, -0.05) is 141 Å². The zero-order valence-corrected chi connectivity index (χ0v) is 42.8. The molecule has 0 aliphatic rings. The van der Waals surface area contributed by atoms with Gasteiger partial charge in [-0.2, -0.15) is 0 Å². The van der Waals surface area contributed by atoms with Crippen molar-refractivity contribution >= 4 is 58.1 Å². The lowest BCUT2D eigenvalue weighted by Gasteiger charge is -2.27. The first-order valence-electron chi connectivity index (χ1n) is 25.6. The van der Waals surface area contributed by atoms with Gasteiger partial charge >= 0.3 is 5.97 Å². The lowest BCUT2D eigenvalue weighted by atomic mass is 9.99. The summed E-state index contributed by atoms with van der Waals surface area (Å²) in [6.45, 7) is 1.42. The molecule has 0 radical (unpaired) electrons. The number of carboxylic acids is 1. The maximum atomic E-state index is 14.8. The van der Waals surface area contributed by atoms with Gasteiger partial charge in [-0.3, -0.25) is 43.7 Å². The molecule has 77 heavy (non-hydrogen) atoms. The van der Waals surface area contributed by atoms with Crippen molar-refractivity contribution in [1.29, 1.82) is 0 Å². The molecular formula is C58H67N9O10. The molecule has 0 saturated carbocycles. The number of amides is 6. The van der Waals surface area contributed by atoms with Crippen LogP contribution in [0.5, 0.6) is 5.75 Å². The Bertz CT molecular complexity index is 2940. The first-order valence-corrected chi connectivity index (χ1v) is 25.6.